The molecule has 0 amide bonds. The SMILES string of the molecule is C1=CCCCCCCCCCCCCCCCCCC=C1. The third-order valence-corrected chi connectivity index (χ3v) is 4.62. The van der Waals surface area contributed by atoms with Crippen LogP contribution in [-0.2, 0) is 0 Å². The van der Waals surface area contributed by atoms with Gasteiger partial charge in [-0.3, -0.25) is 0 Å². The van der Waals surface area contributed by atoms with E-state index in [1.165, 1.54) is 109 Å². The summed E-state index contributed by atoms with van der Waals surface area (Å²) in [7, 11) is 0. The average molecular weight is 291 g/mol. The maximum Gasteiger partial charge on any atom is -0.0348 e. The quantitative estimate of drug-likeness (QED) is 0.428. The molecule has 0 aromatic carbocycles. The van der Waals surface area contributed by atoms with Crippen LogP contribution in [0.4, 0.5) is 0 Å². The van der Waals surface area contributed by atoms with Crippen molar-refractivity contribution in [1.82, 2.24) is 0 Å². The van der Waals surface area contributed by atoms with Crippen LogP contribution in [0.3, 0.4) is 0 Å². The molecule has 0 bridgehead atoms. The second-order valence-electron chi connectivity index (χ2n) is 6.74. The maximum absolute atomic E-state index is 2.35. The van der Waals surface area contributed by atoms with Crippen molar-refractivity contribution < 1.29 is 0 Å². The molecule has 0 fully saturated rings. The van der Waals surface area contributed by atoms with Crippen molar-refractivity contribution >= 4 is 0 Å². The Balaban J connectivity index is 2.11. The summed E-state index contributed by atoms with van der Waals surface area (Å²) >= 11 is 0. The zero-order valence-corrected chi connectivity index (χ0v) is 14.3. The van der Waals surface area contributed by atoms with E-state index in [0.29, 0.717) is 0 Å². The van der Waals surface area contributed by atoms with Crippen LogP contribution in [-0.4, -0.2) is 0 Å². The highest BCUT2D eigenvalue weighted by Crippen LogP contribution is 2.14. The largest absolute Gasteiger partial charge is 0.0845 e. The Hall–Kier alpha value is -0.520. The highest BCUT2D eigenvalue weighted by molar-refractivity contribution is 5.02. The van der Waals surface area contributed by atoms with E-state index in [4.69, 9.17) is 0 Å². The fourth-order valence-corrected chi connectivity index (χ4v) is 3.17. The van der Waals surface area contributed by atoms with Gasteiger partial charge in [0.05, 0.1) is 0 Å². The van der Waals surface area contributed by atoms with Gasteiger partial charge >= 0.3 is 0 Å². The Morgan fingerprint density at radius 3 is 0.810 bits per heavy atom. The molecule has 0 heterocycles. The first kappa shape index (κ1) is 18.5. The molecule has 0 aliphatic heterocycles. The molecule has 1 aliphatic rings. The summed E-state index contributed by atoms with van der Waals surface area (Å²) in [5.41, 5.74) is 0. The van der Waals surface area contributed by atoms with Crippen molar-refractivity contribution in [3.8, 4) is 0 Å². The van der Waals surface area contributed by atoms with Crippen LogP contribution < -0.4 is 0 Å². The van der Waals surface area contributed by atoms with Gasteiger partial charge in [0, 0.05) is 0 Å². The van der Waals surface area contributed by atoms with E-state index in [1.807, 2.05) is 0 Å². The monoisotopic (exact) mass is 290 g/mol. The van der Waals surface area contributed by atoms with Gasteiger partial charge < -0.3 is 0 Å². The molecule has 0 unspecified atom stereocenters. The van der Waals surface area contributed by atoms with Crippen LogP contribution in [0.25, 0.3) is 0 Å². The number of allylic oxidation sites excluding steroid dienone is 4. The van der Waals surface area contributed by atoms with E-state index in [-0.39, 0.29) is 0 Å². The topological polar surface area (TPSA) is 0 Å². The van der Waals surface area contributed by atoms with Gasteiger partial charge in [-0.15, -0.1) is 0 Å². The van der Waals surface area contributed by atoms with Gasteiger partial charge in [0.2, 0.25) is 0 Å². The summed E-state index contributed by atoms with van der Waals surface area (Å²) in [6.45, 7) is 0. The lowest BCUT2D eigenvalue weighted by molar-refractivity contribution is 0.531. The van der Waals surface area contributed by atoms with Crippen molar-refractivity contribution in [3.63, 3.8) is 0 Å². The van der Waals surface area contributed by atoms with Gasteiger partial charge in [-0.1, -0.05) is 108 Å². The minimum Gasteiger partial charge on any atom is -0.0845 e. The van der Waals surface area contributed by atoms with E-state index in [1.54, 1.807) is 0 Å². The average Bonchev–Trinajstić information content (AvgIpc) is 2.50. The van der Waals surface area contributed by atoms with Crippen LogP contribution in [0, 0.1) is 0 Å². The van der Waals surface area contributed by atoms with Gasteiger partial charge in [-0.05, 0) is 25.7 Å². The molecule has 0 spiro atoms. The van der Waals surface area contributed by atoms with Crippen molar-refractivity contribution in [2.24, 2.45) is 0 Å². The molecular weight excluding hydrogens is 252 g/mol. The van der Waals surface area contributed by atoms with Crippen LogP contribution in [0.15, 0.2) is 24.3 Å². The zero-order valence-electron chi connectivity index (χ0n) is 14.3. The summed E-state index contributed by atoms with van der Waals surface area (Å²) in [6, 6.07) is 0. The Kier molecular flexibility index (Phi) is 14.0. The molecule has 0 saturated heterocycles. The Morgan fingerprint density at radius 2 is 0.524 bits per heavy atom. The van der Waals surface area contributed by atoms with Gasteiger partial charge in [-0.25, -0.2) is 0 Å². The van der Waals surface area contributed by atoms with Crippen molar-refractivity contribution in [2.45, 2.75) is 109 Å². The summed E-state index contributed by atoms with van der Waals surface area (Å²) in [5, 5.41) is 0. The second kappa shape index (κ2) is 15.9. The summed E-state index contributed by atoms with van der Waals surface area (Å²) in [6.07, 6.45) is 33.5. The molecule has 122 valence electrons. The number of hydrogen-bond acceptors (Lipinski definition) is 0. The molecule has 0 aromatic heterocycles. The molecule has 1 rings (SSSR count). The van der Waals surface area contributed by atoms with E-state index in [0.717, 1.165) is 0 Å². The Labute approximate surface area is 134 Å². The summed E-state index contributed by atoms with van der Waals surface area (Å²) in [5.74, 6) is 0. The van der Waals surface area contributed by atoms with Gasteiger partial charge in [-0.2, -0.15) is 0 Å². The fourth-order valence-electron chi connectivity index (χ4n) is 3.17. The molecule has 0 saturated carbocycles. The fraction of sp³-hybridized carbons (Fsp3) is 0.810. The smallest absolute Gasteiger partial charge is 0.0348 e. The Morgan fingerprint density at radius 1 is 0.286 bits per heavy atom. The highest BCUT2D eigenvalue weighted by Gasteiger charge is 1.94. The lowest BCUT2D eigenvalue weighted by Crippen LogP contribution is -1.83. The molecule has 0 aromatic rings. The minimum atomic E-state index is 1.27. The predicted molar refractivity (Wildman–Crippen MR) is 96.8 cm³/mol. The van der Waals surface area contributed by atoms with E-state index >= 15 is 0 Å². The molecule has 0 nitrogen and oxygen atoms in total. The zero-order chi connectivity index (χ0) is 14.8. The Bertz CT molecular complexity index is 223. The molecule has 0 radical (unpaired) electrons. The minimum absolute atomic E-state index is 1.27. The van der Waals surface area contributed by atoms with Crippen LogP contribution in [0.5, 0.6) is 0 Å². The van der Waals surface area contributed by atoms with E-state index in [9.17, 15) is 0 Å². The van der Waals surface area contributed by atoms with E-state index < -0.39 is 0 Å². The first-order valence-corrected chi connectivity index (χ1v) is 9.82. The second-order valence-corrected chi connectivity index (χ2v) is 6.74. The first-order chi connectivity index (χ1) is 10.5. The standard InChI is InChI=1S/C21H38/c1-2-4-6-8-10-12-14-16-18-20-21-19-17-15-13-11-9-7-5-3-1/h1-4H,5-21H2. The lowest BCUT2D eigenvalue weighted by Gasteiger charge is -2.03. The van der Waals surface area contributed by atoms with Gasteiger partial charge in [0.1, 0.15) is 0 Å². The highest BCUT2D eigenvalue weighted by atomic mass is 14.0. The van der Waals surface area contributed by atoms with E-state index in [2.05, 4.69) is 24.3 Å². The van der Waals surface area contributed by atoms with Gasteiger partial charge in [0.15, 0.2) is 0 Å². The van der Waals surface area contributed by atoms with Crippen molar-refractivity contribution in [1.29, 1.82) is 0 Å². The number of hydrogen-bond donors (Lipinski definition) is 0. The molecule has 1 aliphatic carbocycles. The van der Waals surface area contributed by atoms with Crippen molar-refractivity contribution in [2.75, 3.05) is 0 Å². The summed E-state index contributed by atoms with van der Waals surface area (Å²) < 4.78 is 0. The number of rotatable bonds is 0. The summed E-state index contributed by atoms with van der Waals surface area (Å²) in [4.78, 5) is 0. The maximum atomic E-state index is 2.35. The molecular formula is C21H38. The molecule has 0 heteroatoms. The third-order valence-electron chi connectivity index (χ3n) is 4.62. The van der Waals surface area contributed by atoms with Crippen LogP contribution in [0.2, 0.25) is 0 Å². The van der Waals surface area contributed by atoms with Crippen LogP contribution >= 0.6 is 0 Å². The molecule has 0 atom stereocenters. The van der Waals surface area contributed by atoms with Gasteiger partial charge in [0.25, 0.3) is 0 Å². The van der Waals surface area contributed by atoms with Crippen molar-refractivity contribution in [3.05, 3.63) is 24.3 Å². The molecule has 21 heavy (non-hydrogen) atoms. The normalized spacial score (nSPS) is 22.5. The predicted octanol–water partition coefficient (Wildman–Crippen LogP) is 7.74. The first-order valence-electron chi connectivity index (χ1n) is 9.82. The lowest BCUT2D eigenvalue weighted by atomic mass is 10.0. The van der Waals surface area contributed by atoms with Crippen LogP contribution in [0.1, 0.15) is 109 Å². The third kappa shape index (κ3) is 14.2. The molecule has 0 N–H and O–H groups in total.